The molecule has 5 rings (SSSR count). The standard InChI is InChI=1S/C31H34N4O6/c1-20(2)35-29(38)26(24-9-5-6-10-25(24)30(39)40)18-33(31(35)41)19-28(37)32-14-12-23(13-15-32)34-16-11-21-7-3-4-8-22(21)17-27(34)36/h3-10,18,20,23H,11-17,19H2,1-2H3,(H,39,40). The number of nitrogens with zero attached hydrogens (tertiary/aromatic N) is 4. The first-order chi connectivity index (χ1) is 19.7. The summed E-state index contributed by atoms with van der Waals surface area (Å²) >= 11 is 0. The number of piperidine rings is 1. The molecule has 10 nitrogen and oxygen atoms in total. The van der Waals surface area contributed by atoms with Gasteiger partial charge in [0.15, 0.2) is 0 Å². The van der Waals surface area contributed by atoms with Crippen molar-refractivity contribution in [2.45, 2.75) is 58.2 Å². The number of benzene rings is 2. The molecule has 3 aromatic rings. The molecule has 2 aromatic carbocycles. The van der Waals surface area contributed by atoms with Gasteiger partial charge in [-0.05, 0) is 50.3 Å². The van der Waals surface area contributed by atoms with Crippen molar-refractivity contribution in [3.8, 4) is 11.1 Å². The molecule has 1 aromatic heterocycles. The Morgan fingerprint density at radius 2 is 1.56 bits per heavy atom. The number of carboxylic acid groups (broad SMARTS) is 1. The summed E-state index contributed by atoms with van der Waals surface area (Å²) in [6.07, 6.45) is 3.78. The second-order valence-electron chi connectivity index (χ2n) is 11.0. The Labute approximate surface area is 237 Å². The zero-order chi connectivity index (χ0) is 29.3. The van der Waals surface area contributed by atoms with Crippen LogP contribution in [0.5, 0.6) is 0 Å². The van der Waals surface area contributed by atoms with Crippen LogP contribution in [0, 0.1) is 0 Å². The number of fused-ring (bicyclic) bond motifs is 1. The minimum Gasteiger partial charge on any atom is -0.478 e. The predicted octanol–water partition coefficient (Wildman–Crippen LogP) is 2.57. The number of carboxylic acids is 1. The molecule has 0 spiro atoms. The van der Waals surface area contributed by atoms with Gasteiger partial charge in [0, 0.05) is 43.5 Å². The van der Waals surface area contributed by atoms with E-state index in [1.165, 1.54) is 28.5 Å². The van der Waals surface area contributed by atoms with E-state index in [0.29, 0.717) is 38.9 Å². The Balaban J connectivity index is 1.33. The van der Waals surface area contributed by atoms with Crippen LogP contribution >= 0.6 is 0 Å². The summed E-state index contributed by atoms with van der Waals surface area (Å²) in [5, 5.41) is 9.67. The smallest absolute Gasteiger partial charge is 0.336 e. The zero-order valence-corrected chi connectivity index (χ0v) is 23.3. The fourth-order valence-corrected chi connectivity index (χ4v) is 5.94. The van der Waals surface area contributed by atoms with Gasteiger partial charge in [-0.25, -0.2) is 9.59 Å². The maximum Gasteiger partial charge on any atom is 0.336 e. The van der Waals surface area contributed by atoms with Gasteiger partial charge in [-0.15, -0.1) is 0 Å². The lowest BCUT2D eigenvalue weighted by Crippen LogP contribution is -2.50. The van der Waals surface area contributed by atoms with Crippen LogP contribution in [0.25, 0.3) is 11.1 Å². The average Bonchev–Trinajstić information content (AvgIpc) is 3.12. The van der Waals surface area contributed by atoms with Gasteiger partial charge in [-0.2, -0.15) is 0 Å². The van der Waals surface area contributed by atoms with Crippen LogP contribution in [0.15, 0.2) is 64.3 Å². The Morgan fingerprint density at radius 3 is 2.24 bits per heavy atom. The van der Waals surface area contributed by atoms with Crippen LogP contribution in [0.4, 0.5) is 0 Å². The SMILES string of the molecule is CC(C)n1c(=O)c(-c2ccccc2C(=O)O)cn(CC(=O)N2CCC(N3CCc4ccccc4CC3=O)CC2)c1=O. The maximum atomic E-state index is 13.4. The van der Waals surface area contributed by atoms with E-state index in [1.54, 1.807) is 30.9 Å². The average molecular weight is 559 g/mol. The van der Waals surface area contributed by atoms with E-state index in [1.807, 2.05) is 23.1 Å². The number of carbonyl (C=O) groups is 3. The van der Waals surface area contributed by atoms with Gasteiger partial charge in [0.2, 0.25) is 11.8 Å². The first-order valence-corrected chi connectivity index (χ1v) is 14.0. The Bertz CT molecular complexity index is 1610. The van der Waals surface area contributed by atoms with Crippen molar-refractivity contribution in [2.75, 3.05) is 19.6 Å². The van der Waals surface area contributed by atoms with Crippen LogP contribution in [-0.4, -0.2) is 67.5 Å². The molecule has 0 atom stereocenters. The van der Waals surface area contributed by atoms with Crippen molar-refractivity contribution < 1.29 is 19.5 Å². The lowest BCUT2D eigenvalue weighted by atomic mass is 10.0. The molecule has 0 radical (unpaired) electrons. The highest BCUT2D eigenvalue weighted by atomic mass is 16.4. The second kappa shape index (κ2) is 11.6. The van der Waals surface area contributed by atoms with E-state index in [0.717, 1.165) is 16.6 Å². The summed E-state index contributed by atoms with van der Waals surface area (Å²) in [4.78, 5) is 68.4. The third-order valence-corrected chi connectivity index (χ3v) is 8.12. The molecule has 0 saturated carbocycles. The lowest BCUT2D eigenvalue weighted by molar-refractivity contribution is -0.136. The fourth-order valence-electron chi connectivity index (χ4n) is 5.94. The van der Waals surface area contributed by atoms with Crippen LogP contribution in [0.3, 0.4) is 0 Å². The highest BCUT2D eigenvalue weighted by Crippen LogP contribution is 2.24. The minimum atomic E-state index is -1.19. The van der Waals surface area contributed by atoms with Crippen molar-refractivity contribution >= 4 is 17.8 Å². The Kier molecular flexibility index (Phi) is 7.92. The molecule has 0 unspecified atom stereocenters. The zero-order valence-electron chi connectivity index (χ0n) is 23.3. The van der Waals surface area contributed by atoms with Gasteiger partial charge in [-0.1, -0.05) is 42.5 Å². The lowest BCUT2D eigenvalue weighted by Gasteiger charge is -2.38. The number of aromatic nitrogens is 2. The summed E-state index contributed by atoms with van der Waals surface area (Å²) in [5.74, 6) is -1.36. The fraction of sp³-hybridized carbons (Fsp3) is 0.387. The molecule has 2 aliphatic rings. The molecular weight excluding hydrogens is 524 g/mol. The number of aromatic carboxylic acids is 1. The van der Waals surface area contributed by atoms with Crippen LogP contribution in [0.1, 0.15) is 54.2 Å². The molecule has 1 fully saturated rings. The van der Waals surface area contributed by atoms with E-state index < -0.39 is 23.3 Å². The summed E-state index contributed by atoms with van der Waals surface area (Å²) in [5.41, 5.74) is 1.21. The molecule has 41 heavy (non-hydrogen) atoms. The molecule has 10 heteroatoms. The third-order valence-electron chi connectivity index (χ3n) is 8.12. The van der Waals surface area contributed by atoms with Gasteiger partial charge >= 0.3 is 11.7 Å². The van der Waals surface area contributed by atoms with E-state index in [-0.39, 0.29) is 41.1 Å². The van der Waals surface area contributed by atoms with E-state index in [4.69, 9.17) is 0 Å². The first-order valence-electron chi connectivity index (χ1n) is 14.0. The van der Waals surface area contributed by atoms with E-state index >= 15 is 0 Å². The second-order valence-corrected chi connectivity index (χ2v) is 11.0. The summed E-state index contributed by atoms with van der Waals surface area (Å²) < 4.78 is 2.25. The molecule has 2 amide bonds. The number of amides is 2. The first kappa shape index (κ1) is 28.1. The Hall–Kier alpha value is -4.47. The molecule has 2 aliphatic heterocycles. The molecule has 1 saturated heterocycles. The van der Waals surface area contributed by atoms with E-state index in [9.17, 15) is 29.1 Å². The van der Waals surface area contributed by atoms with Crippen molar-refractivity contribution in [3.05, 3.63) is 92.3 Å². The summed E-state index contributed by atoms with van der Waals surface area (Å²) in [7, 11) is 0. The highest BCUT2D eigenvalue weighted by molar-refractivity contribution is 5.95. The van der Waals surface area contributed by atoms with Crippen molar-refractivity contribution in [3.63, 3.8) is 0 Å². The van der Waals surface area contributed by atoms with Crippen molar-refractivity contribution in [2.24, 2.45) is 0 Å². The summed E-state index contributed by atoms with van der Waals surface area (Å²) in [6.45, 7) is 4.66. The molecule has 3 heterocycles. The van der Waals surface area contributed by atoms with Gasteiger partial charge in [0.25, 0.3) is 5.56 Å². The normalized spacial score (nSPS) is 16.0. The Morgan fingerprint density at radius 1 is 0.902 bits per heavy atom. The number of hydrogen-bond donors (Lipinski definition) is 1. The molecule has 0 bridgehead atoms. The molecular formula is C31H34N4O6. The predicted molar refractivity (Wildman–Crippen MR) is 153 cm³/mol. The van der Waals surface area contributed by atoms with Gasteiger partial charge in [0.05, 0.1) is 17.5 Å². The van der Waals surface area contributed by atoms with Crippen molar-refractivity contribution in [1.29, 1.82) is 0 Å². The number of rotatable bonds is 6. The largest absolute Gasteiger partial charge is 0.478 e. The summed E-state index contributed by atoms with van der Waals surface area (Å²) in [6, 6.07) is 13.7. The number of hydrogen-bond acceptors (Lipinski definition) is 5. The van der Waals surface area contributed by atoms with Crippen molar-refractivity contribution in [1.82, 2.24) is 18.9 Å². The van der Waals surface area contributed by atoms with E-state index in [2.05, 4.69) is 6.07 Å². The van der Waals surface area contributed by atoms with Gasteiger partial charge in [-0.3, -0.25) is 23.5 Å². The third kappa shape index (κ3) is 5.59. The number of carbonyl (C=O) groups excluding carboxylic acids is 2. The molecule has 0 aliphatic carbocycles. The quantitative estimate of drug-likeness (QED) is 0.496. The topological polar surface area (TPSA) is 122 Å². The minimum absolute atomic E-state index is 0.0449. The highest BCUT2D eigenvalue weighted by Gasteiger charge is 2.31. The number of likely N-dealkylation sites (tertiary alicyclic amines) is 1. The maximum absolute atomic E-state index is 13.4. The molecule has 214 valence electrons. The van der Waals surface area contributed by atoms with Gasteiger partial charge < -0.3 is 14.9 Å². The van der Waals surface area contributed by atoms with Gasteiger partial charge in [0.1, 0.15) is 6.54 Å². The van der Waals surface area contributed by atoms with Crippen LogP contribution in [-0.2, 0) is 29.0 Å². The van der Waals surface area contributed by atoms with Crippen LogP contribution < -0.4 is 11.2 Å². The van der Waals surface area contributed by atoms with Crippen LogP contribution in [0.2, 0.25) is 0 Å². The molecule has 1 N–H and O–H groups in total. The monoisotopic (exact) mass is 558 g/mol.